The Kier molecular flexibility index (Phi) is 7.00. The number of hydrogen-bond donors (Lipinski definition) is 2. The van der Waals surface area contributed by atoms with E-state index in [0.29, 0.717) is 25.3 Å². The Morgan fingerprint density at radius 2 is 1.79 bits per heavy atom. The van der Waals surface area contributed by atoms with E-state index in [1.807, 2.05) is 7.05 Å². The van der Waals surface area contributed by atoms with E-state index in [0.717, 1.165) is 29.7 Å². The maximum atomic E-state index is 13.0. The van der Waals surface area contributed by atoms with Gasteiger partial charge in [0.25, 0.3) is 5.91 Å². The van der Waals surface area contributed by atoms with Gasteiger partial charge < -0.3 is 10.2 Å². The number of amides is 1. The summed E-state index contributed by atoms with van der Waals surface area (Å²) in [5.74, 6) is -0.499. The first-order chi connectivity index (χ1) is 13.8. The number of halogens is 1. The van der Waals surface area contributed by atoms with E-state index in [-0.39, 0.29) is 23.2 Å². The van der Waals surface area contributed by atoms with Crippen molar-refractivity contribution >= 4 is 21.6 Å². The van der Waals surface area contributed by atoms with Gasteiger partial charge in [-0.05, 0) is 43.2 Å². The second kappa shape index (κ2) is 9.47. The van der Waals surface area contributed by atoms with Crippen LogP contribution in [0.3, 0.4) is 0 Å². The fourth-order valence-corrected chi connectivity index (χ4v) is 5.04. The summed E-state index contributed by atoms with van der Waals surface area (Å²) in [6.45, 7) is 1.87. The van der Waals surface area contributed by atoms with E-state index >= 15 is 0 Å². The molecule has 3 rings (SSSR count). The van der Waals surface area contributed by atoms with Crippen LogP contribution in [-0.4, -0.2) is 45.3 Å². The summed E-state index contributed by atoms with van der Waals surface area (Å²) in [6.07, 6.45) is 2.80. The van der Waals surface area contributed by atoms with Crippen LogP contribution in [0.1, 0.15) is 24.8 Å². The van der Waals surface area contributed by atoms with Crippen LogP contribution in [0.4, 0.5) is 10.1 Å². The highest BCUT2D eigenvalue weighted by Gasteiger charge is 2.26. The van der Waals surface area contributed by atoms with Gasteiger partial charge in [-0.15, -0.1) is 0 Å². The zero-order valence-electron chi connectivity index (χ0n) is 16.5. The molecule has 2 N–H and O–H groups in total. The highest BCUT2D eigenvalue weighted by Crippen LogP contribution is 2.22. The summed E-state index contributed by atoms with van der Waals surface area (Å²) >= 11 is 0. The predicted octanol–water partition coefficient (Wildman–Crippen LogP) is 1.65. The largest absolute Gasteiger partial charge is 0.326 e. The number of nitrogens with one attached hydrogen (secondary N) is 2. The van der Waals surface area contributed by atoms with Gasteiger partial charge >= 0.3 is 0 Å². The van der Waals surface area contributed by atoms with E-state index in [1.54, 1.807) is 30.3 Å². The van der Waals surface area contributed by atoms with E-state index in [2.05, 4.69) is 5.32 Å². The fraction of sp³-hybridized carbons (Fsp3) is 0.381. The minimum atomic E-state index is -3.54. The van der Waals surface area contributed by atoms with Crippen molar-refractivity contribution in [2.45, 2.75) is 30.7 Å². The number of rotatable bonds is 7. The number of anilines is 1. The SMILES string of the molecule is C[NH+](CC(=O)Nc1cccc(S(=O)(=O)N2CCCCC2)c1)Cc1ccc(F)cc1. The molecular weight excluding hydrogens is 393 g/mol. The summed E-state index contributed by atoms with van der Waals surface area (Å²) in [5, 5.41) is 2.78. The molecule has 156 valence electrons. The molecule has 1 amide bonds. The first-order valence-electron chi connectivity index (χ1n) is 9.80. The third-order valence-corrected chi connectivity index (χ3v) is 6.85. The van der Waals surface area contributed by atoms with Crippen LogP contribution in [0, 0.1) is 5.82 Å². The molecule has 2 aromatic carbocycles. The summed E-state index contributed by atoms with van der Waals surface area (Å²) in [5.41, 5.74) is 1.40. The molecule has 29 heavy (non-hydrogen) atoms. The van der Waals surface area contributed by atoms with Crippen LogP contribution >= 0.6 is 0 Å². The van der Waals surface area contributed by atoms with Crippen molar-refractivity contribution in [1.82, 2.24) is 4.31 Å². The van der Waals surface area contributed by atoms with Crippen LogP contribution in [0.15, 0.2) is 53.4 Å². The van der Waals surface area contributed by atoms with E-state index < -0.39 is 10.0 Å². The predicted molar refractivity (Wildman–Crippen MR) is 110 cm³/mol. The molecule has 1 fully saturated rings. The number of sulfonamides is 1. The number of piperidine rings is 1. The van der Waals surface area contributed by atoms with Crippen LogP contribution in [0.5, 0.6) is 0 Å². The third kappa shape index (κ3) is 5.85. The molecule has 0 spiro atoms. The molecule has 0 saturated carbocycles. The van der Waals surface area contributed by atoms with Gasteiger partial charge in [0.1, 0.15) is 12.4 Å². The Hall–Kier alpha value is -2.29. The highest BCUT2D eigenvalue weighted by molar-refractivity contribution is 7.89. The number of carbonyl (C=O) groups excluding carboxylic acids is 1. The Bertz CT molecular complexity index is 942. The molecular formula is C21H27FN3O3S+. The Morgan fingerprint density at radius 1 is 1.10 bits per heavy atom. The van der Waals surface area contributed by atoms with Gasteiger partial charge in [0, 0.05) is 24.3 Å². The van der Waals surface area contributed by atoms with Gasteiger partial charge in [-0.25, -0.2) is 12.8 Å². The normalized spacial score (nSPS) is 16.3. The van der Waals surface area contributed by atoms with Crippen LogP contribution in [0.25, 0.3) is 0 Å². The lowest BCUT2D eigenvalue weighted by Crippen LogP contribution is -3.08. The lowest BCUT2D eigenvalue weighted by molar-refractivity contribution is -0.885. The van der Waals surface area contributed by atoms with Crippen LogP contribution in [-0.2, 0) is 21.4 Å². The molecule has 0 aromatic heterocycles. The number of quaternary nitrogens is 1. The van der Waals surface area contributed by atoms with Crippen molar-refractivity contribution in [2.75, 3.05) is 32.0 Å². The monoisotopic (exact) mass is 420 g/mol. The lowest BCUT2D eigenvalue weighted by Gasteiger charge is -2.26. The second-order valence-corrected chi connectivity index (χ2v) is 9.42. The summed E-state index contributed by atoms with van der Waals surface area (Å²) in [6, 6.07) is 12.6. The van der Waals surface area contributed by atoms with E-state index in [9.17, 15) is 17.6 Å². The standard InChI is InChI=1S/C21H26FN3O3S/c1-24(15-17-8-10-18(22)11-9-17)16-21(26)23-19-6-5-7-20(14-19)29(27,28)25-12-3-2-4-13-25/h5-11,14H,2-4,12-13,15-16H2,1H3,(H,23,26)/p+1. The van der Waals surface area contributed by atoms with Gasteiger partial charge in [0.2, 0.25) is 10.0 Å². The minimum Gasteiger partial charge on any atom is -0.326 e. The molecule has 0 radical (unpaired) electrons. The highest BCUT2D eigenvalue weighted by atomic mass is 32.2. The number of benzene rings is 2. The molecule has 1 aliphatic rings. The molecule has 1 aliphatic heterocycles. The zero-order chi connectivity index (χ0) is 20.9. The number of likely N-dealkylation sites (N-methyl/N-ethyl adjacent to an activating group) is 1. The second-order valence-electron chi connectivity index (χ2n) is 7.48. The van der Waals surface area contributed by atoms with Crippen molar-refractivity contribution in [3.8, 4) is 0 Å². The van der Waals surface area contributed by atoms with Crippen molar-refractivity contribution in [2.24, 2.45) is 0 Å². The number of nitrogens with zero attached hydrogens (tertiary/aromatic N) is 1. The van der Waals surface area contributed by atoms with Crippen molar-refractivity contribution in [1.29, 1.82) is 0 Å². The van der Waals surface area contributed by atoms with Gasteiger partial charge in [-0.2, -0.15) is 4.31 Å². The number of hydrogen-bond acceptors (Lipinski definition) is 3. The van der Waals surface area contributed by atoms with Crippen molar-refractivity contribution in [3.63, 3.8) is 0 Å². The third-order valence-electron chi connectivity index (χ3n) is 4.95. The molecule has 1 atom stereocenters. The minimum absolute atomic E-state index is 0.198. The van der Waals surface area contributed by atoms with Crippen molar-refractivity contribution < 1.29 is 22.5 Å². The molecule has 2 aromatic rings. The molecule has 1 unspecified atom stereocenters. The Balaban J connectivity index is 1.60. The van der Waals surface area contributed by atoms with E-state index in [4.69, 9.17) is 0 Å². The van der Waals surface area contributed by atoms with Gasteiger partial charge in [0.05, 0.1) is 11.9 Å². The first kappa shape index (κ1) is 21.4. The Morgan fingerprint density at radius 3 is 2.48 bits per heavy atom. The molecule has 1 saturated heterocycles. The maximum Gasteiger partial charge on any atom is 0.279 e. The maximum absolute atomic E-state index is 13.0. The van der Waals surface area contributed by atoms with Gasteiger partial charge in [-0.3, -0.25) is 4.79 Å². The molecule has 0 aliphatic carbocycles. The lowest BCUT2D eigenvalue weighted by atomic mass is 10.2. The molecule has 0 bridgehead atoms. The summed E-state index contributed by atoms with van der Waals surface area (Å²) < 4.78 is 40.1. The first-order valence-corrected chi connectivity index (χ1v) is 11.2. The quantitative estimate of drug-likeness (QED) is 0.716. The fourth-order valence-electron chi connectivity index (χ4n) is 3.48. The van der Waals surface area contributed by atoms with Gasteiger partial charge in [0.15, 0.2) is 6.54 Å². The van der Waals surface area contributed by atoms with Crippen molar-refractivity contribution in [3.05, 3.63) is 59.9 Å². The van der Waals surface area contributed by atoms with Crippen LogP contribution in [0.2, 0.25) is 0 Å². The van der Waals surface area contributed by atoms with Crippen LogP contribution < -0.4 is 10.2 Å². The summed E-state index contributed by atoms with van der Waals surface area (Å²) in [7, 11) is -1.67. The number of carbonyl (C=O) groups is 1. The average Bonchev–Trinajstić information content (AvgIpc) is 2.70. The smallest absolute Gasteiger partial charge is 0.279 e. The summed E-state index contributed by atoms with van der Waals surface area (Å²) in [4.78, 5) is 13.5. The topological polar surface area (TPSA) is 70.9 Å². The zero-order valence-corrected chi connectivity index (χ0v) is 17.3. The molecule has 6 nitrogen and oxygen atoms in total. The van der Waals surface area contributed by atoms with E-state index in [1.165, 1.54) is 22.5 Å². The molecule has 8 heteroatoms. The average molecular weight is 421 g/mol. The Labute approximate surface area is 171 Å². The van der Waals surface area contributed by atoms with Gasteiger partial charge in [-0.1, -0.05) is 24.6 Å². The molecule has 1 heterocycles.